The summed E-state index contributed by atoms with van der Waals surface area (Å²) >= 11 is 1.78. The SMILES string of the molecule is CSc1ccc([C@@H]2NCc3ccccc3-n3cccc32)cc1. The molecule has 0 radical (unpaired) electrons. The molecule has 0 saturated carbocycles. The second kappa shape index (κ2) is 5.67. The van der Waals surface area contributed by atoms with Crippen molar-refractivity contribution in [3.05, 3.63) is 83.7 Å². The van der Waals surface area contributed by atoms with Crippen LogP contribution in [0.1, 0.15) is 22.9 Å². The molecule has 1 aromatic heterocycles. The largest absolute Gasteiger partial charge is 0.319 e. The lowest BCUT2D eigenvalue weighted by molar-refractivity contribution is 0.600. The van der Waals surface area contributed by atoms with Crippen molar-refractivity contribution in [2.24, 2.45) is 0 Å². The number of para-hydroxylation sites is 1. The van der Waals surface area contributed by atoms with Gasteiger partial charge >= 0.3 is 0 Å². The highest BCUT2D eigenvalue weighted by atomic mass is 32.2. The van der Waals surface area contributed by atoms with Gasteiger partial charge in [-0.1, -0.05) is 30.3 Å². The van der Waals surface area contributed by atoms with Crippen molar-refractivity contribution < 1.29 is 0 Å². The van der Waals surface area contributed by atoms with Crippen molar-refractivity contribution in [1.82, 2.24) is 9.88 Å². The van der Waals surface area contributed by atoms with Crippen LogP contribution in [-0.4, -0.2) is 10.8 Å². The summed E-state index contributed by atoms with van der Waals surface area (Å²) < 4.78 is 2.31. The first-order chi connectivity index (χ1) is 10.9. The zero-order valence-electron chi connectivity index (χ0n) is 12.5. The van der Waals surface area contributed by atoms with Gasteiger partial charge < -0.3 is 9.88 Å². The first-order valence-corrected chi connectivity index (χ1v) is 8.72. The summed E-state index contributed by atoms with van der Waals surface area (Å²) in [5, 5.41) is 3.71. The summed E-state index contributed by atoms with van der Waals surface area (Å²) in [6, 6.07) is 22.0. The van der Waals surface area contributed by atoms with Crippen molar-refractivity contribution in [3.8, 4) is 5.69 Å². The Hall–Kier alpha value is -1.97. The van der Waals surface area contributed by atoms with E-state index in [2.05, 4.69) is 83.0 Å². The van der Waals surface area contributed by atoms with E-state index in [4.69, 9.17) is 0 Å². The molecule has 110 valence electrons. The molecule has 0 spiro atoms. The Balaban J connectivity index is 1.80. The fourth-order valence-corrected chi connectivity index (χ4v) is 3.55. The van der Waals surface area contributed by atoms with Gasteiger partial charge in [0.05, 0.1) is 6.04 Å². The second-order valence-corrected chi connectivity index (χ2v) is 6.40. The van der Waals surface area contributed by atoms with E-state index in [0.29, 0.717) is 0 Å². The highest BCUT2D eigenvalue weighted by Crippen LogP contribution is 2.31. The average molecular weight is 306 g/mol. The molecule has 0 fully saturated rings. The van der Waals surface area contributed by atoms with Crippen LogP contribution in [0, 0.1) is 0 Å². The van der Waals surface area contributed by atoms with E-state index in [9.17, 15) is 0 Å². The monoisotopic (exact) mass is 306 g/mol. The molecule has 3 aromatic rings. The Kier molecular flexibility index (Phi) is 3.53. The number of nitrogens with one attached hydrogen (secondary N) is 1. The number of aromatic nitrogens is 1. The Morgan fingerprint density at radius 1 is 1.00 bits per heavy atom. The van der Waals surface area contributed by atoms with E-state index in [-0.39, 0.29) is 6.04 Å². The normalized spacial score (nSPS) is 16.7. The first-order valence-electron chi connectivity index (χ1n) is 7.49. The van der Waals surface area contributed by atoms with Crippen LogP contribution in [0.5, 0.6) is 0 Å². The van der Waals surface area contributed by atoms with Gasteiger partial charge in [-0.25, -0.2) is 0 Å². The minimum absolute atomic E-state index is 0.221. The smallest absolute Gasteiger partial charge is 0.0737 e. The topological polar surface area (TPSA) is 17.0 Å². The molecule has 2 nitrogen and oxygen atoms in total. The molecule has 1 atom stereocenters. The number of hydrogen-bond donors (Lipinski definition) is 1. The molecule has 1 N–H and O–H groups in total. The molecule has 4 rings (SSSR count). The van der Waals surface area contributed by atoms with Crippen molar-refractivity contribution in [2.75, 3.05) is 6.26 Å². The van der Waals surface area contributed by atoms with Crippen LogP contribution in [0.4, 0.5) is 0 Å². The molecule has 2 heterocycles. The third-order valence-electron chi connectivity index (χ3n) is 4.27. The van der Waals surface area contributed by atoms with E-state index in [0.717, 1.165) is 6.54 Å². The molecule has 22 heavy (non-hydrogen) atoms. The number of thioether (sulfide) groups is 1. The van der Waals surface area contributed by atoms with Gasteiger partial charge in [0, 0.05) is 29.0 Å². The maximum atomic E-state index is 3.71. The Morgan fingerprint density at radius 3 is 2.64 bits per heavy atom. The van der Waals surface area contributed by atoms with E-state index in [1.165, 1.54) is 27.4 Å². The number of hydrogen-bond acceptors (Lipinski definition) is 2. The van der Waals surface area contributed by atoms with Crippen LogP contribution >= 0.6 is 11.8 Å². The predicted molar refractivity (Wildman–Crippen MR) is 92.7 cm³/mol. The number of fused-ring (bicyclic) bond motifs is 3. The molecule has 1 aliphatic heterocycles. The summed E-state index contributed by atoms with van der Waals surface area (Å²) in [6.07, 6.45) is 4.27. The zero-order chi connectivity index (χ0) is 14.9. The quantitative estimate of drug-likeness (QED) is 0.707. The summed E-state index contributed by atoms with van der Waals surface area (Å²) in [6.45, 7) is 0.882. The Bertz CT molecular complexity index is 789. The molecular formula is C19H18N2S. The van der Waals surface area contributed by atoms with Crippen LogP contribution in [0.15, 0.2) is 71.8 Å². The highest BCUT2D eigenvalue weighted by Gasteiger charge is 2.22. The minimum Gasteiger partial charge on any atom is -0.319 e. The van der Waals surface area contributed by atoms with Gasteiger partial charge in [-0.05, 0) is 47.7 Å². The van der Waals surface area contributed by atoms with Crippen LogP contribution in [-0.2, 0) is 6.54 Å². The lowest BCUT2D eigenvalue weighted by atomic mass is 10.0. The molecular weight excluding hydrogens is 288 g/mol. The van der Waals surface area contributed by atoms with Gasteiger partial charge in [0.15, 0.2) is 0 Å². The summed E-state index contributed by atoms with van der Waals surface area (Å²) in [7, 11) is 0. The first kappa shape index (κ1) is 13.7. The van der Waals surface area contributed by atoms with Crippen molar-refractivity contribution in [2.45, 2.75) is 17.5 Å². The van der Waals surface area contributed by atoms with Crippen LogP contribution in [0.25, 0.3) is 5.69 Å². The standard InChI is InChI=1S/C19H18N2S/c1-22-16-10-8-14(9-11-16)19-18-7-4-12-21(18)17-6-3-2-5-15(17)13-20-19/h2-12,19-20H,13H2,1H3/t19-/m0/s1. The van der Waals surface area contributed by atoms with E-state index < -0.39 is 0 Å². The highest BCUT2D eigenvalue weighted by molar-refractivity contribution is 7.98. The number of nitrogens with zero attached hydrogens (tertiary/aromatic N) is 1. The third kappa shape index (κ3) is 2.27. The Labute approximate surface area is 135 Å². The van der Waals surface area contributed by atoms with Gasteiger partial charge in [-0.15, -0.1) is 11.8 Å². The predicted octanol–water partition coefficient (Wildman–Crippen LogP) is 4.39. The van der Waals surface area contributed by atoms with Crippen LogP contribution in [0.2, 0.25) is 0 Å². The van der Waals surface area contributed by atoms with Gasteiger partial charge in [-0.3, -0.25) is 0 Å². The number of benzene rings is 2. The molecule has 3 heteroatoms. The molecule has 0 bridgehead atoms. The lowest BCUT2D eigenvalue weighted by Gasteiger charge is -2.18. The fraction of sp³-hybridized carbons (Fsp3) is 0.158. The molecule has 0 saturated heterocycles. The van der Waals surface area contributed by atoms with E-state index >= 15 is 0 Å². The van der Waals surface area contributed by atoms with Crippen molar-refractivity contribution in [1.29, 1.82) is 0 Å². The van der Waals surface area contributed by atoms with Gasteiger partial charge in [-0.2, -0.15) is 0 Å². The minimum atomic E-state index is 0.221. The van der Waals surface area contributed by atoms with E-state index in [1.807, 2.05) is 0 Å². The summed E-state index contributed by atoms with van der Waals surface area (Å²) in [4.78, 5) is 1.30. The molecule has 0 aliphatic carbocycles. The van der Waals surface area contributed by atoms with Gasteiger partial charge in [0.25, 0.3) is 0 Å². The van der Waals surface area contributed by atoms with Gasteiger partial charge in [0.1, 0.15) is 0 Å². The summed E-state index contributed by atoms with van der Waals surface area (Å²) in [5.74, 6) is 0. The average Bonchev–Trinajstić information content (AvgIpc) is 3.00. The zero-order valence-corrected chi connectivity index (χ0v) is 13.3. The molecule has 2 aromatic carbocycles. The molecule has 1 aliphatic rings. The fourth-order valence-electron chi connectivity index (χ4n) is 3.15. The maximum absolute atomic E-state index is 3.71. The molecule has 0 amide bonds. The number of rotatable bonds is 2. The second-order valence-electron chi connectivity index (χ2n) is 5.52. The van der Waals surface area contributed by atoms with Gasteiger partial charge in [0.2, 0.25) is 0 Å². The third-order valence-corrected chi connectivity index (χ3v) is 5.02. The van der Waals surface area contributed by atoms with Crippen molar-refractivity contribution in [3.63, 3.8) is 0 Å². The van der Waals surface area contributed by atoms with Crippen LogP contribution < -0.4 is 5.32 Å². The van der Waals surface area contributed by atoms with E-state index in [1.54, 1.807) is 11.8 Å². The molecule has 0 unspecified atom stereocenters. The van der Waals surface area contributed by atoms with Crippen molar-refractivity contribution >= 4 is 11.8 Å². The Morgan fingerprint density at radius 2 is 1.82 bits per heavy atom. The maximum Gasteiger partial charge on any atom is 0.0737 e. The van der Waals surface area contributed by atoms with Crippen LogP contribution in [0.3, 0.4) is 0 Å². The lowest BCUT2D eigenvalue weighted by Crippen LogP contribution is -2.21. The summed E-state index contributed by atoms with van der Waals surface area (Å²) in [5.41, 5.74) is 5.22.